The second kappa shape index (κ2) is 6.94. The van der Waals surface area contributed by atoms with Gasteiger partial charge in [0.2, 0.25) is 5.90 Å². The van der Waals surface area contributed by atoms with Crippen LogP contribution in [0.15, 0.2) is 69.8 Å². The van der Waals surface area contributed by atoms with Crippen LogP contribution >= 0.6 is 27.5 Å². The Morgan fingerprint density at radius 1 is 0.957 bits per heavy atom. The number of hydrogen-bond donors (Lipinski definition) is 0. The highest BCUT2D eigenvalue weighted by atomic mass is 79.9. The van der Waals surface area contributed by atoms with Gasteiger partial charge in [-0.2, -0.15) is 0 Å². The smallest absolute Gasteiger partial charge is 0.363 e. The van der Waals surface area contributed by atoms with Gasteiger partial charge in [-0.15, -0.1) is 0 Å². The number of hydrogen-bond acceptors (Lipinski definition) is 3. The van der Waals surface area contributed by atoms with Gasteiger partial charge in [0.05, 0.1) is 0 Å². The SMILES string of the molecule is O=C1OC(C=Cc2ccc(Cl)cc2)=NC1=Cc1ccc(Br)cc1. The Morgan fingerprint density at radius 2 is 1.61 bits per heavy atom. The molecule has 0 aliphatic carbocycles. The number of rotatable bonds is 3. The minimum atomic E-state index is -0.455. The largest absolute Gasteiger partial charge is 0.403 e. The molecule has 2 aromatic carbocycles. The van der Waals surface area contributed by atoms with Crippen LogP contribution in [0.2, 0.25) is 5.02 Å². The summed E-state index contributed by atoms with van der Waals surface area (Å²) in [4.78, 5) is 16.0. The quantitative estimate of drug-likeness (QED) is 0.541. The Morgan fingerprint density at radius 3 is 2.30 bits per heavy atom. The maximum absolute atomic E-state index is 11.8. The minimum absolute atomic E-state index is 0.272. The third-order valence-electron chi connectivity index (χ3n) is 3.10. The van der Waals surface area contributed by atoms with Crippen molar-refractivity contribution in [3.05, 3.63) is 80.9 Å². The Bertz CT molecular complexity index is 821. The molecule has 2 aromatic rings. The average molecular weight is 389 g/mol. The number of carbonyl (C=O) groups excluding carboxylic acids is 1. The van der Waals surface area contributed by atoms with Gasteiger partial charge < -0.3 is 4.74 Å². The van der Waals surface area contributed by atoms with Gasteiger partial charge in [-0.1, -0.05) is 51.8 Å². The van der Waals surface area contributed by atoms with Crippen LogP contribution < -0.4 is 0 Å². The van der Waals surface area contributed by atoms with Crippen molar-refractivity contribution in [1.29, 1.82) is 0 Å². The van der Waals surface area contributed by atoms with E-state index in [-0.39, 0.29) is 11.6 Å². The predicted octanol–water partition coefficient (Wildman–Crippen LogP) is 5.11. The summed E-state index contributed by atoms with van der Waals surface area (Å²) in [7, 11) is 0. The first kappa shape index (κ1) is 15.7. The first-order valence-corrected chi connectivity index (χ1v) is 7.99. The average Bonchev–Trinajstić information content (AvgIpc) is 2.89. The second-order valence-corrected chi connectivity index (χ2v) is 6.16. The van der Waals surface area contributed by atoms with Gasteiger partial charge >= 0.3 is 5.97 Å². The molecule has 3 nitrogen and oxygen atoms in total. The van der Waals surface area contributed by atoms with E-state index >= 15 is 0 Å². The molecule has 0 atom stereocenters. The first-order chi connectivity index (χ1) is 11.1. The molecular weight excluding hydrogens is 378 g/mol. The molecule has 0 saturated heterocycles. The first-order valence-electron chi connectivity index (χ1n) is 6.82. The molecule has 0 bridgehead atoms. The minimum Gasteiger partial charge on any atom is -0.403 e. The van der Waals surface area contributed by atoms with Gasteiger partial charge in [0.15, 0.2) is 5.70 Å². The van der Waals surface area contributed by atoms with E-state index in [0.717, 1.165) is 15.6 Å². The van der Waals surface area contributed by atoms with E-state index in [2.05, 4.69) is 20.9 Å². The number of nitrogens with zero attached hydrogens (tertiary/aromatic N) is 1. The van der Waals surface area contributed by atoms with Crippen molar-refractivity contribution in [2.45, 2.75) is 0 Å². The van der Waals surface area contributed by atoms with Crippen LogP contribution in [0.25, 0.3) is 12.2 Å². The Labute approximate surface area is 147 Å². The van der Waals surface area contributed by atoms with Gasteiger partial charge in [-0.05, 0) is 47.5 Å². The summed E-state index contributed by atoms with van der Waals surface area (Å²) in [6.07, 6.45) is 5.16. The summed E-state index contributed by atoms with van der Waals surface area (Å²) < 4.78 is 6.11. The Balaban J connectivity index is 1.78. The number of aliphatic imine (C=N–C) groups is 1. The van der Waals surface area contributed by atoms with Crippen molar-refractivity contribution in [3.63, 3.8) is 0 Å². The summed E-state index contributed by atoms with van der Waals surface area (Å²) in [6, 6.07) is 14.9. The van der Waals surface area contributed by atoms with E-state index in [4.69, 9.17) is 16.3 Å². The van der Waals surface area contributed by atoms with E-state index < -0.39 is 5.97 Å². The zero-order valence-electron chi connectivity index (χ0n) is 11.9. The van der Waals surface area contributed by atoms with Crippen LogP contribution in [-0.2, 0) is 9.53 Å². The fraction of sp³-hybridized carbons (Fsp3) is 0. The molecule has 1 heterocycles. The molecule has 5 heteroatoms. The lowest BCUT2D eigenvalue weighted by Crippen LogP contribution is -2.01. The van der Waals surface area contributed by atoms with Gasteiger partial charge in [0.1, 0.15) is 0 Å². The zero-order chi connectivity index (χ0) is 16.2. The normalized spacial score (nSPS) is 16.0. The maximum atomic E-state index is 11.8. The van der Waals surface area contributed by atoms with Gasteiger partial charge in [0.25, 0.3) is 0 Å². The molecule has 1 aliphatic heterocycles. The summed E-state index contributed by atoms with van der Waals surface area (Å²) in [5, 5.41) is 0.673. The van der Waals surface area contributed by atoms with Crippen molar-refractivity contribution in [2.24, 2.45) is 4.99 Å². The monoisotopic (exact) mass is 387 g/mol. The molecule has 0 radical (unpaired) electrons. The van der Waals surface area contributed by atoms with Crippen molar-refractivity contribution in [3.8, 4) is 0 Å². The lowest BCUT2D eigenvalue weighted by Gasteiger charge is -1.94. The van der Waals surface area contributed by atoms with Crippen molar-refractivity contribution < 1.29 is 9.53 Å². The highest BCUT2D eigenvalue weighted by Gasteiger charge is 2.20. The van der Waals surface area contributed by atoms with E-state index in [9.17, 15) is 4.79 Å². The molecule has 114 valence electrons. The van der Waals surface area contributed by atoms with Gasteiger partial charge in [0, 0.05) is 15.6 Å². The second-order valence-electron chi connectivity index (χ2n) is 4.81. The van der Waals surface area contributed by atoms with Crippen LogP contribution in [0.3, 0.4) is 0 Å². The molecule has 0 amide bonds. The lowest BCUT2D eigenvalue weighted by molar-refractivity contribution is -0.129. The molecule has 23 heavy (non-hydrogen) atoms. The number of esters is 1. The Kier molecular flexibility index (Phi) is 4.74. The van der Waals surface area contributed by atoms with E-state index in [0.29, 0.717) is 5.02 Å². The van der Waals surface area contributed by atoms with Crippen molar-refractivity contribution >= 4 is 51.5 Å². The van der Waals surface area contributed by atoms with E-state index in [1.165, 1.54) is 0 Å². The molecule has 1 aliphatic rings. The molecular formula is C18H11BrClNO2. The standard InChI is InChI=1S/C18H11BrClNO2/c19-14-6-1-13(2-7-14)11-16-18(22)23-17(21-16)10-5-12-3-8-15(20)9-4-12/h1-11H. The number of carbonyl (C=O) groups is 1. The fourth-order valence-electron chi connectivity index (χ4n) is 1.96. The Hall–Kier alpha value is -2.17. The third kappa shape index (κ3) is 4.18. The van der Waals surface area contributed by atoms with Crippen LogP contribution in [0.5, 0.6) is 0 Å². The van der Waals surface area contributed by atoms with Gasteiger partial charge in [-0.25, -0.2) is 9.79 Å². The van der Waals surface area contributed by atoms with Crippen molar-refractivity contribution in [2.75, 3.05) is 0 Å². The topological polar surface area (TPSA) is 38.7 Å². The molecule has 0 saturated carbocycles. The molecule has 3 rings (SSSR count). The maximum Gasteiger partial charge on any atom is 0.363 e. The fourth-order valence-corrected chi connectivity index (χ4v) is 2.35. The van der Waals surface area contributed by atoms with E-state index in [1.54, 1.807) is 24.3 Å². The number of cyclic esters (lactones) is 1. The summed E-state index contributed by atoms with van der Waals surface area (Å²) in [5.41, 5.74) is 2.10. The highest BCUT2D eigenvalue weighted by molar-refractivity contribution is 9.10. The number of halogens is 2. The lowest BCUT2D eigenvalue weighted by atomic mass is 10.2. The summed E-state index contributed by atoms with van der Waals surface area (Å²) in [5.74, 6) is -0.183. The van der Waals surface area contributed by atoms with Crippen LogP contribution in [0, 0.1) is 0 Å². The van der Waals surface area contributed by atoms with Crippen LogP contribution in [-0.4, -0.2) is 11.9 Å². The van der Waals surface area contributed by atoms with Crippen LogP contribution in [0.4, 0.5) is 0 Å². The zero-order valence-corrected chi connectivity index (χ0v) is 14.2. The number of benzene rings is 2. The highest BCUT2D eigenvalue weighted by Crippen LogP contribution is 2.18. The summed E-state index contributed by atoms with van der Waals surface area (Å²) in [6.45, 7) is 0. The molecule has 0 aromatic heterocycles. The molecule has 0 fully saturated rings. The molecule has 0 N–H and O–H groups in total. The number of ether oxygens (including phenoxy) is 1. The van der Waals surface area contributed by atoms with E-state index in [1.807, 2.05) is 42.5 Å². The summed E-state index contributed by atoms with van der Waals surface area (Å²) >= 11 is 9.21. The molecule has 0 spiro atoms. The van der Waals surface area contributed by atoms with Crippen LogP contribution in [0.1, 0.15) is 11.1 Å². The third-order valence-corrected chi connectivity index (χ3v) is 3.88. The van der Waals surface area contributed by atoms with Crippen molar-refractivity contribution in [1.82, 2.24) is 0 Å². The molecule has 0 unspecified atom stereocenters. The van der Waals surface area contributed by atoms with Gasteiger partial charge in [-0.3, -0.25) is 0 Å². The predicted molar refractivity (Wildman–Crippen MR) is 96.1 cm³/mol.